The van der Waals surface area contributed by atoms with Gasteiger partial charge in [0.25, 0.3) is 5.56 Å². The van der Waals surface area contributed by atoms with Gasteiger partial charge in [-0.1, -0.05) is 41.6 Å². The third kappa shape index (κ3) is 3.14. The van der Waals surface area contributed by atoms with E-state index in [-0.39, 0.29) is 23.8 Å². The van der Waals surface area contributed by atoms with Gasteiger partial charge in [0.05, 0.1) is 5.56 Å². The van der Waals surface area contributed by atoms with Gasteiger partial charge in [-0.15, -0.1) is 6.58 Å². The number of aromatic amines is 1. The molecule has 2 aromatic rings. The summed E-state index contributed by atoms with van der Waals surface area (Å²) in [5.41, 5.74) is 3.51. The first-order valence-corrected chi connectivity index (χ1v) is 8.73. The Balaban J connectivity index is 2.13. The molecule has 124 valence electrons. The van der Waals surface area contributed by atoms with Crippen LogP contribution in [0, 0.1) is 13.8 Å². The summed E-state index contributed by atoms with van der Waals surface area (Å²) in [6.45, 7) is 7.66. The molecular formula is C18H19N3O2S. The third-order valence-electron chi connectivity index (χ3n) is 4.08. The van der Waals surface area contributed by atoms with Crippen molar-refractivity contribution in [3.05, 3.63) is 63.5 Å². The van der Waals surface area contributed by atoms with Crippen molar-refractivity contribution in [3.8, 4) is 0 Å². The van der Waals surface area contributed by atoms with E-state index in [4.69, 9.17) is 0 Å². The van der Waals surface area contributed by atoms with Crippen molar-refractivity contribution in [1.82, 2.24) is 9.97 Å². The SMILES string of the molecule is C=CCSc1nc2c(c(=O)[nH]1)[C@H](c1cc(C)ccc1C)CC(=O)N2. The van der Waals surface area contributed by atoms with Crippen LogP contribution in [0.15, 0.2) is 40.8 Å². The maximum Gasteiger partial charge on any atom is 0.257 e. The number of anilines is 1. The zero-order chi connectivity index (χ0) is 17.3. The van der Waals surface area contributed by atoms with E-state index >= 15 is 0 Å². The van der Waals surface area contributed by atoms with Gasteiger partial charge < -0.3 is 10.3 Å². The smallest absolute Gasteiger partial charge is 0.257 e. The van der Waals surface area contributed by atoms with Gasteiger partial charge in [-0.25, -0.2) is 4.98 Å². The highest BCUT2D eigenvalue weighted by Crippen LogP contribution is 2.36. The summed E-state index contributed by atoms with van der Waals surface area (Å²) in [5.74, 6) is 0.609. The number of carbonyl (C=O) groups excluding carboxylic acids is 1. The Morgan fingerprint density at radius 2 is 2.17 bits per heavy atom. The normalized spacial score (nSPS) is 16.4. The van der Waals surface area contributed by atoms with Gasteiger partial charge in [0.15, 0.2) is 5.16 Å². The first kappa shape index (κ1) is 16.5. The number of hydrogen-bond acceptors (Lipinski definition) is 4. The Labute approximate surface area is 144 Å². The lowest BCUT2D eigenvalue weighted by atomic mass is 9.84. The predicted octanol–water partition coefficient (Wildman–Crippen LogP) is 3.14. The van der Waals surface area contributed by atoms with Crippen molar-refractivity contribution in [2.24, 2.45) is 0 Å². The van der Waals surface area contributed by atoms with Crippen molar-refractivity contribution < 1.29 is 4.79 Å². The van der Waals surface area contributed by atoms with Gasteiger partial charge in [0, 0.05) is 18.1 Å². The fourth-order valence-corrected chi connectivity index (χ4v) is 3.55. The van der Waals surface area contributed by atoms with E-state index in [9.17, 15) is 9.59 Å². The molecule has 1 aromatic carbocycles. The minimum atomic E-state index is -0.275. The maximum absolute atomic E-state index is 12.6. The average molecular weight is 341 g/mol. The molecule has 0 bridgehead atoms. The number of nitrogens with zero attached hydrogens (tertiary/aromatic N) is 1. The second-order valence-electron chi connectivity index (χ2n) is 5.90. The van der Waals surface area contributed by atoms with Crippen LogP contribution in [0.4, 0.5) is 5.82 Å². The molecule has 1 atom stereocenters. The third-order valence-corrected chi connectivity index (χ3v) is 4.95. The van der Waals surface area contributed by atoms with Crippen LogP contribution in [-0.4, -0.2) is 21.6 Å². The lowest BCUT2D eigenvalue weighted by Crippen LogP contribution is -2.31. The van der Waals surface area contributed by atoms with E-state index in [1.165, 1.54) is 11.8 Å². The molecule has 0 saturated carbocycles. The number of carbonyl (C=O) groups is 1. The molecule has 1 amide bonds. The van der Waals surface area contributed by atoms with E-state index in [0.717, 1.165) is 16.7 Å². The van der Waals surface area contributed by atoms with E-state index < -0.39 is 0 Å². The molecule has 0 unspecified atom stereocenters. The highest BCUT2D eigenvalue weighted by molar-refractivity contribution is 7.99. The molecule has 6 heteroatoms. The molecule has 0 aliphatic carbocycles. The van der Waals surface area contributed by atoms with Crippen LogP contribution < -0.4 is 10.9 Å². The van der Waals surface area contributed by atoms with E-state index in [1.54, 1.807) is 6.08 Å². The molecule has 1 aromatic heterocycles. The monoisotopic (exact) mass is 341 g/mol. The second kappa shape index (κ2) is 6.65. The van der Waals surface area contributed by atoms with Crippen molar-refractivity contribution in [3.63, 3.8) is 0 Å². The molecule has 1 aliphatic heterocycles. The molecule has 24 heavy (non-hydrogen) atoms. The lowest BCUT2D eigenvalue weighted by Gasteiger charge is -2.26. The van der Waals surface area contributed by atoms with E-state index in [2.05, 4.69) is 21.9 Å². The topological polar surface area (TPSA) is 74.8 Å². The van der Waals surface area contributed by atoms with Crippen molar-refractivity contribution in [2.75, 3.05) is 11.1 Å². The molecule has 1 aliphatic rings. The van der Waals surface area contributed by atoms with Gasteiger partial charge in [-0.3, -0.25) is 9.59 Å². The second-order valence-corrected chi connectivity index (χ2v) is 6.91. The molecule has 3 rings (SSSR count). The predicted molar refractivity (Wildman–Crippen MR) is 96.8 cm³/mol. The van der Waals surface area contributed by atoms with Crippen molar-refractivity contribution in [1.29, 1.82) is 0 Å². The van der Waals surface area contributed by atoms with Crippen molar-refractivity contribution in [2.45, 2.75) is 31.3 Å². The molecule has 0 fully saturated rings. The highest BCUT2D eigenvalue weighted by Gasteiger charge is 2.31. The number of H-pyrrole nitrogens is 1. The summed E-state index contributed by atoms with van der Waals surface area (Å²) < 4.78 is 0. The van der Waals surface area contributed by atoms with Gasteiger partial charge in [-0.05, 0) is 25.0 Å². The molecule has 2 heterocycles. The minimum Gasteiger partial charge on any atom is -0.310 e. The molecule has 0 spiro atoms. The summed E-state index contributed by atoms with van der Waals surface area (Å²) in [6, 6.07) is 6.09. The summed E-state index contributed by atoms with van der Waals surface area (Å²) in [7, 11) is 0. The number of fused-ring (bicyclic) bond motifs is 1. The van der Waals surface area contributed by atoms with Crippen LogP contribution in [0.1, 0.15) is 34.6 Å². The molecule has 2 N–H and O–H groups in total. The highest BCUT2D eigenvalue weighted by atomic mass is 32.2. The molecular weight excluding hydrogens is 322 g/mol. The Kier molecular flexibility index (Phi) is 4.57. The molecule has 5 nitrogen and oxygen atoms in total. The number of amides is 1. The number of aromatic nitrogens is 2. The first-order valence-electron chi connectivity index (χ1n) is 7.74. The summed E-state index contributed by atoms with van der Waals surface area (Å²) in [6.07, 6.45) is 1.99. The quantitative estimate of drug-likeness (QED) is 0.509. The minimum absolute atomic E-state index is 0.119. The van der Waals surface area contributed by atoms with E-state index in [0.29, 0.717) is 22.3 Å². The number of nitrogens with one attached hydrogen (secondary N) is 2. The van der Waals surface area contributed by atoms with Crippen LogP contribution >= 0.6 is 11.8 Å². The summed E-state index contributed by atoms with van der Waals surface area (Å²) in [4.78, 5) is 32.0. The zero-order valence-electron chi connectivity index (χ0n) is 13.7. The first-order chi connectivity index (χ1) is 11.5. The Hall–Kier alpha value is -2.34. The van der Waals surface area contributed by atoms with Gasteiger partial charge in [-0.2, -0.15) is 0 Å². The maximum atomic E-state index is 12.6. The Bertz CT molecular complexity index is 873. The standard InChI is InChI=1S/C18H19N3O2S/c1-4-7-24-18-20-16-15(17(23)21-18)13(9-14(22)19-16)12-8-10(2)5-6-11(12)3/h4-6,8,13H,1,7,9H2,2-3H3,(H2,19,20,21,22,23)/t13-/m0/s1. The Morgan fingerprint density at radius 1 is 1.38 bits per heavy atom. The molecule has 0 radical (unpaired) electrons. The number of rotatable bonds is 4. The van der Waals surface area contributed by atoms with Crippen LogP contribution in [0.5, 0.6) is 0 Å². The lowest BCUT2D eigenvalue weighted by molar-refractivity contribution is -0.116. The number of thioether (sulfide) groups is 1. The number of hydrogen-bond donors (Lipinski definition) is 2. The van der Waals surface area contributed by atoms with Crippen LogP contribution in [0.2, 0.25) is 0 Å². The summed E-state index contributed by atoms with van der Waals surface area (Å²) in [5, 5.41) is 3.23. The molecule has 0 saturated heterocycles. The largest absolute Gasteiger partial charge is 0.310 e. The Morgan fingerprint density at radius 3 is 2.92 bits per heavy atom. The number of aryl methyl sites for hydroxylation is 2. The van der Waals surface area contributed by atoms with Crippen LogP contribution in [0.25, 0.3) is 0 Å². The summed E-state index contributed by atoms with van der Waals surface area (Å²) >= 11 is 1.38. The van der Waals surface area contributed by atoms with Crippen molar-refractivity contribution >= 4 is 23.5 Å². The van der Waals surface area contributed by atoms with Gasteiger partial charge >= 0.3 is 0 Å². The van der Waals surface area contributed by atoms with Crippen LogP contribution in [0.3, 0.4) is 0 Å². The van der Waals surface area contributed by atoms with E-state index in [1.807, 2.05) is 32.0 Å². The van der Waals surface area contributed by atoms with Crippen LogP contribution in [-0.2, 0) is 4.79 Å². The average Bonchev–Trinajstić information content (AvgIpc) is 2.54. The zero-order valence-corrected chi connectivity index (χ0v) is 14.5. The fourth-order valence-electron chi connectivity index (χ4n) is 2.96. The fraction of sp³-hybridized carbons (Fsp3) is 0.278. The number of benzene rings is 1. The van der Waals surface area contributed by atoms with Gasteiger partial charge in [0.1, 0.15) is 5.82 Å². The van der Waals surface area contributed by atoms with Gasteiger partial charge in [0.2, 0.25) is 5.91 Å².